The first kappa shape index (κ1) is 13.6. The van der Waals surface area contributed by atoms with E-state index in [0.29, 0.717) is 17.6 Å². The molecule has 1 aliphatic rings. The fourth-order valence-corrected chi connectivity index (χ4v) is 2.98. The van der Waals surface area contributed by atoms with Gasteiger partial charge >= 0.3 is 5.69 Å². The van der Waals surface area contributed by atoms with Crippen LogP contribution in [0, 0.1) is 16.0 Å². The summed E-state index contributed by atoms with van der Waals surface area (Å²) in [5, 5.41) is 11.2. The smallest absolute Gasteiger partial charge is 0.334 e. The third kappa shape index (κ3) is 2.62. The summed E-state index contributed by atoms with van der Waals surface area (Å²) in [6.45, 7) is 2.21. The van der Waals surface area contributed by atoms with E-state index in [0.717, 1.165) is 6.42 Å². The van der Waals surface area contributed by atoms with Crippen LogP contribution in [-0.2, 0) is 0 Å². The van der Waals surface area contributed by atoms with E-state index in [2.05, 4.69) is 11.9 Å². The van der Waals surface area contributed by atoms with Crippen LogP contribution in [0.3, 0.4) is 0 Å². The van der Waals surface area contributed by atoms with Crippen LogP contribution in [0.5, 0.6) is 0 Å². The SMILES string of the molecule is CC1CCCCC1N(C)c1ccnc(N)c1[N+](=O)[O-]. The molecule has 0 aliphatic heterocycles. The highest BCUT2D eigenvalue weighted by Gasteiger charge is 2.30. The minimum atomic E-state index is -0.443. The molecule has 1 heterocycles. The minimum Gasteiger partial charge on any atom is -0.378 e. The Morgan fingerprint density at radius 3 is 2.79 bits per heavy atom. The quantitative estimate of drug-likeness (QED) is 0.670. The molecule has 0 radical (unpaired) electrons. The first-order valence-corrected chi connectivity index (χ1v) is 6.64. The fourth-order valence-electron chi connectivity index (χ4n) is 2.98. The van der Waals surface area contributed by atoms with Crippen molar-refractivity contribution in [2.75, 3.05) is 17.7 Å². The zero-order valence-corrected chi connectivity index (χ0v) is 11.4. The van der Waals surface area contributed by atoms with E-state index in [-0.39, 0.29) is 11.5 Å². The molecule has 6 nitrogen and oxygen atoms in total. The first-order chi connectivity index (χ1) is 9.02. The number of pyridine rings is 1. The van der Waals surface area contributed by atoms with Crippen LogP contribution in [0.4, 0.5) is 17.2 Å². The summed E-state index contributed by atoms with van der Waals surface area (Å²) in [6, 6.07) is 2.00. The molecule has 6 heteroatoms. The van der Waals surface area contributed by atoms with E-state index >= 15 is 0 Å². The Balaban J connectivity index is 2.35. The van der Waals surface area contributed by atoms with Crippen molar-refractivity contribution >= 4 is 17.2 Å². The van der Waals surface area contributed by atoms with Gasteiger partial charge in [-0.25, -0.2) is 4.98 Å². The molecule has 1 aliphatic carbocycles. The largest absolute Gasteiger partial charge is 0.378 e. The Labute approximate surface area is 112 Å². The number of nitrogens with two attached hydrogens (primary N) is 1. The number of aromatic nitrogens is 1. The van der Waals surface area contributed by atoms with Gasteiger partial charge in [-0.1, -0.05) is 19.8 Å². The van der Waals surface area contributed by atoms with Crippen LogP contribution in [0.1, 0.15) is 32.6 Å². The standard InChI is InChI=1S/C13H20N4O2/c1-9-5-3-4-6-10(9)16(2)11-7-8-15-13(14)12(11)17(18)19/h7-10H,3-6H2,1-2H3,(H2,14,15). The molecule has 0 amide bonds. The highest BCUT2D eigenvalue weighted by Crippen LogP contribution is 2.36. The second kappa shape index (κ2) is 5.42. The molecule has 0 spiro atoms. The number of nitrogen functional groups attached to an aromatic ring is 1. The van der Waals surface area contributed by atoms with Gasteiger partial charge in [0.15, 0.2) is 0 Å². The zero-order chi connectivity index (χ0) is 14.0. The predicted molar refractivity (Wildman–Crippen MR) is 75.1 cm³/mol. The molecule has 0 saturated heterocycles. The van der Waals surface area contributed by atoms with Gasteiger partial charge in [0.25, 0.3) is 0 Å². The van der Waals surface area contributed by atoms with Gasteiger partial charge in [-0.05, 0) is 24.8 Å². The normalized spacial score (nSPS) is 23.1. The van der Waals surface area contributed by atoms with Crippen LogP contribution < -0.4 is 10.6 Å². The maximum absolute atomic E-state index is 11.2. The Morgan fingerprint density at radius 1 is 1.47 bits per heavy atom. The summed E-state index contributed by atoms with van der Waals surface area (Å²) < 4.78 is 0. The van der Waals surface area contributed by atoms with Crippen molar-refractivity contribution < 1.29 is 4.92 Å². The molecule has 1 aromatic rings. The van der Waals surface area contributed by atoms with Crippen molar-refractivity contribution in [2.24, 2.45) is 5.92 Å². The average Bonchev–Trinajstić information content (AvgIpc) is 2.37. The van der Waals surface area contributed by atoms with Gasteiger partial charge in [0, 0.05) is 19.3 Å². The third-order valence-corrected chi connectivity index (χ3v) is 4.06. The van der Waals surface area contributed by atoms with Crippen molar-refractivity contribution in [1.29, 1.82) is 0 Å². The molecule has 1 saturated carbocycles. The van der Waals surface area contributed by atoms with Gasteiger partial charge in [-0.3, -0.25) is 10.1 Å². The van der Waals surface area contributed by atoms with E-state index < -0.39 is 4.92 Å². The van der Waals surface area contributed by atoms with Crippen LogP contribution >= 0.6 is 0 Å². The lowest BCUT2D eigenvalue weighted by Gasteiger charge is -2.37. The van der Waals surface area contributed by atoms with E-state index in [1.807, 2.05) is 11.9 Å². The lowest BCUT2D eigenvalue weighted by Crippen LogP contribution is -2.39. The minimum absolute atomic E-state index is 0.0159. The van der Waals surface area contributed by atoms with Crippen LogP contribution in [0.2, 0.25) is 0 Å². The van der Waals surface area contributed by atoms with Crippen molar-refractivity contribution in [1.82, 2.24) is 4.98 Å². The second-order valence-corrected chi connectivity index (χ2v) is 5.26. The molecule has 2 rings (SSSR count). The summed E-state index contributed by atoms with van der Waals surface area (Å²) in [5.74, 6) is 0.519. The van der Waals surface area contributed by atoms with E-state index in [4.69, 9.17) is 5.73 Å². The molecule has 19 heavy (non-hydrogen) atoms. The van der Waals surface area contributed by atoms with Crippen molar-refractivity contribution in [3.8, 4) is 0 Å². The molecule has 2 unspecified atom stereocenters. The predicted octanol–water partition coefficient (Wildman–Crippen LogP) is 2.59. The molecule has 0 aromatic carbocycles. The molecule has 2 atom stereocenters. The summed E-state index contributed by atoms with van der Waals surface area (Å²) >= 11 is 0. The van der Waals surface area contributed by atoms with E-state index in [9.17, 15) is 10.1 Å². The number of nitro groups is 1. The molecular weight excluding hydrogens is 244 g/mol. The summed E-state index contributed by atoms with van der Waals surface area (Å²) in [4.78, 5) is 16.5. The van der Waals surface area contributed by atoms with Gasteiger partial charge in [0.1, 0.15) is 5.69 Å². The maximum Gasteiger partial charge on any atom is 0.334 e. The van der Waals surface area contributed by atoms with Crippen molar-refractivity contribution in [3.63, 3.8) is 0 Å². The third-order valence-electron chi connectivity index (χ3n) is 4.06. The van der Waals surface area contributed by atoms with Gasteiger partial charge < -0.3 is 10.6 Å². The number of hydrogen-bond donors (Lipinski definition) is 1. The van der Waals surface area contributed by atoms with Gasteiger partial charge in [-0.15, -0.1) is 0 Å². The van der Waals surface area contributed by atoms with Crippen molar-refractivity contribution in [2.45, 2.75) is 38.6 Å². The summed E-state index contributed by atoms with van der Waals surface area (Å²) in [6.07, 6.45) is 6.18. The maximum atomic E-state index is 11.2. The molecule has 0 bridgehead atoms. The zero-order valence-electron chi connectivity index (χ0n) is 11.4. The lowest BCUT2D eigenvalue weighted by molar-refractivity contribution is -0.383. The second-order valence-electron chi connectivity index (χ2n) is 5.26. The highest BCUT2D eigenvalue weighted by molar-refractivity contribution is 5.72. The Bertz CT molecular complexity index is 478. The number of rotatable bonds is 3. The van der Waals surface area contributed by atoms with Gasteiger partial charge in [0.2, 0.25) is 5.82 Å². The van der Waals surface area contributed by atoms with Crippen LogP contribution in [0.15, 0.2) is 12.3 Å². The lowest BCUT2D eigenvalue weighted by atomic mass is 9.85. The first-order valence-electron chi connectivity index (χ1n) is 6.64. The van der Waals surface area contributed by atoms with Crippen LogP contribution in [0.25, 0.3) is 0 Å². The molecule has 1 aromatic heterocycles. The average molecular weight is 264 g/mol. The number of hydrogen-bond acceptors (Lipinski definition) is 5. The Kier molecular flexibility index (Phi) is 3.87. The fraction of sp³-hybridized carbons (Fsp3) is 0.615. The molecule has 104 valence electrons. The number of nitrogens with zero attached hydrogens (tertiary/aromatic N) is 3. The van der Waals surface area contributed by atoms with Crippen molar-refractivity contribution in [3.05, 3.63) is 22.4 Å². The molecule has 2 N–H and O–H groups in total. The monoisotopic (exact) mass is 264 g/mol. The summed E-state index contributed by atoms with van der Waals surface area (Å²) in [7, 11) is 1.91. The number of anilines is 2. The summed E-state index contributed by atoms with van der Waals surface area (Å²) in [5.41, 5.74) is 6.13. The van der Waals surface area contributed by atoms with Gasteiger partial charge in [-0.2, -0.15) is 0 Å². The van der Waals surface area contributed by atoms with E-state index in [1.54, 1.807) is 6.07 Å². The molecule has 1 fully saturated rings. The van der Waals surface area contributed by atoms with Crippen LogP contribution in [-0.4, -0.2) is 23.0 Å². The molecular formula is C13H20N4O2. The highest BCUT2D eigenvalue weighted by atomic mass is 16.6. The van der Waals surface area contributed by atoms with Gasteiger partial charge in [0.05, 0.1) is 4.92 Å². The Morgan fingerprint density at radius 2 is 2.16 bits per heavy atom. The Hall–Kier alpha value is -1.85. The topological polar surface area (TPSA) is 85.3 Å². The van der Waals surface area contributed by atoms with E-state index in [1.165, 1.54) is 25.5 Å².